The lowest BCUT2D eigenvalue weighted by Gasteiger charge is -2.36. The first-order valence-electron chi connectivity index (χ1n) is 28.4. The molecule has 2 saturated heterocycles. The number of anilines is 1. The van der Waals surface area contributed by atoms with Gasteiger partial charge in [0.2, 0.25) is 35.4 Å². The zero-order valence-electron chi connectivity index (χ0n) is 48.8. The number of rotatable bonds is 24. The predicted octanol–water partition coefficient (Wildman–Crippen LogP) is 9.15. The van der Waals surface area contributed by atoms with Crippen molar-refractivity contribution in [3.8, 4) is 10.4 Å². The van der Waals surface area contributed by atoms with Crippen LogP contribution in [0, 0.1) is 17.8 Å². The highest BCUT2D eigenvalue weighted by atomic mass is 79.9. The fourth-order valence-corrected chi connectivity index (χ4v) is 13.0. The normalized spacial score (nSPS) is 17.4. The second-order valence-corrected chi connectivity index (χ2v) is 28.4. The number of nitrogens with one attached hydrogen (secondary N) is 4. The Hall–Kier alpha value is -6.01. The van der Waals surface area contributed by atoms with Crippen molar-refractivity contribution in [2.24, 2.45) is 10.8 Å². The third-order valence-corrected chi connectivity index (χ3v) is 18.9. The standard InChI is InChI=1S/C60H76BrF2N8O11PS2/c1-36-50(84-35-66-36)38-18-16-37(17-19-38)33-65-53(75)45-32-43(72)34-71(45)57(79)51(58(2,3)4)67-49(74)15-11-9-8-10-12-27-64-48(73)26-29-69(42-23-21-41(61)22-24-42)55(77)44-14-13-28-70(44)56(78)52(59(5,6)7)68-54(76)47-31-39-30-40(20-25-46(39)85-47)60(62,63)83(80,81)82/h16-25,30-31,35,43-45,51-52,72H,8-15,26-29,32-34H2,1-7H3,(H,64,73)(H,65,75)(H,67,74)(H,68,76)(H2,80,81,82)/t43-,44+,45+,51-,52-/m1/s1. The molecule has 0 unspecified atom stereocenters. The SMILES string of the molecule is Cc1ncsc1-c1ccc(CNC(=O)[C@@H]2C[C@@H](O)CN2C(=O)[C@@H](NC(=O)CCCCCCCNC(=O)CCN(C(=O)[C@@H]2CCCN2C(=O)[C@@H](NC(=O)c2cc3cc(C(F)(F)P(=O)(O)O)ccc3s2)C(C)(C)C)c2ccc(Br)cc2)C(C)(C)C)cc1. The smallest absolute Gasteiger partial charge is 0.391 e. The summed E-state index contributed by atoms with van der Waals surface area (Å²) < 4.78 is 41.8. The van der Waals surface area contributed by atoms with Crippen molar-refractivity contribution < 1.29 is 61.8 Å². The highest BCUT2D eigenvalue weighted by molar-refractivity contribution is 9.10. The molecule has 2 aliphatic heterocycles. The minimum Gasteiger partial charge on any atom is -0.391 e. The van der Waals surface area contributed by atoms with Gasteiger partial charge in [0.15, 0.2) is 0 Å². The van der Waals surface area contributed by atoms with Crippen molar-refractivity contribution in [2.75, 3.05) is 31.1 Å². The summed E-state index contributed by atoms with van der Waals surface area (Å²) in [5.41, 5.74) is -1.77. The van der Waals surface area contributed by atoms with Crippen molar-refractivity contribution in [3.05, 3.63) is 104 Å². The topological polar surface area (TPSA) is 268 Å². The minimum absolute atomic E-state index is 0.00249. The van der Waals surface area contributed by atoms with E-state index in [0.717, 1.165) is 68.9 Å². The number of fused-ring (bicyclic) bond motifs is 1. The molecule has 5 atom stereocenters. The quantitative estimate of drug-likeness (QED) is 0.0225. The number of aryl methyl sites for hydroxylation is 1. The first-order valence-corrected chi connectivity index (χ1v) is 32.5. The van der Waals surface area contributed by atoms with Gasteiger partial charge in [-0.05, 0) is 102 Å². The summed E-state index contributed by atoms with van der Waals surface area (Å²) in [7, 11) is -5.84. The fraction of sp³-hybridized carbons (Fsp3) is 0.500. The molecule has 0 bridgehead atoms. The molecule has 2 aromatic heterocycles. The molecule has 0 spiro atoms. The van der Waals surface area contributed by atoms with Crippen LogP contribution in [0.2, 0.25) is 0 Å². The van der Waals surface area contributed by atoms with Crippen LogP contribution in [-0.4, -0.2) is 127 Å². The molecule has 460 valence electrons. The highest BCUT2D eigenvalue weighted by Gasteiger charge is 2.51. The molecule has 5 aromatic rings. The number of aromatic nitrogens is 1. The number of amides is 7. The van der Waals surface area contributed by atoms with Gasteiger partial charge in [-0.3, -0.25) is 38.1 Å². The number of carbonyl (C=O) groups excluding carboxylic acids is 7. The van der Waals surface area contributed by atoms with Gasteiger partial charge >= 0.3 is 13.3 Å². The second-order valence-electron chi connectivity index (χ2n) is 23.9. The van der Waals surface area contributed by atoms with E-state index in [2.05, 4.69) is 42.2 Å². The zero-order valence-corrected chi connectivity index (χ0v) is 52.9. The van der Waals surface area contributed by atoms with E-state index in [1.165, 1.54) is 26.8 Å². The molecule has 2 fully saturated rings. The van der Waals surface area contributed by atoms with Crippen molar-refractivity contribution in [2.45, 2.75) is 155 Å². The number of thiazole rings is 1. The van der Waals surface area contributed by atoms with E-state index in [9.17, 15) is 61.8 Å². The lowest BCUT2D eigenvalue weighted by molar-refractivity contribution is -0.144. The number of likely N-dealkylation sites (tertiary alicyclic amines) is 2. The van der Waals surface area contributed by atoms with Gasteiger partial charge in [0.25, 0.3) is 5.91 Å². The van der Waals surface area contributed by atoms with Crippen LogP contribution in [0.5, 0.6) is 0 Å². The van der Waals surface area contributed by atoms with Crippen LogP contribution >= 0.6 is 46.2 Å². The Morgan fingerprint density at radius 3 is 2.09 bits per heavy atom. The summed E-state index contributed by atoms with van der Waals surface area (Å²) in [5, 5.41) is 22.4. The molecule has 4 heterocycles. The van der Waals surface area contributed by atoms with E-state index in [1.807, 2.05) is 52.0 Å². The first-order chi connectivity index (χ1) is 39.9. The van der Waals surface area contributed by atoms with E-state index >= 15 is 0 Å². The molecular formula is C60H76BrF2N8O11PS2. The Labute approximate surface area is 510 Å². The Bertz CT molecular complexity index is 3270. The largest absolute Gasteiger partial charge is 0.399 e. The number of hydrogen-bond acceptors (Lipinski definition) is 12. The average Bonchev–Trinajstić information content (AvgIpc) is 3.36. The number of aliphatic hydroxyl groups is 1. The van der Waals surface area contributed by atoms with Gasteiger partial charge in [0.1, 0.15) is 24.2 Å². The lowest BCUT2D eigenvalue weighted by Crippen LogP contribution is -2.58. The lowest BCUT2D eigenvalue weighted by atomic mass is 9.85. The molecule has 3 aromatic carbocycles. The summed E-state index contributed by atoms with van der Waals surface area (Å²) in [6.45, 7) is 13.5. The number of alkyl halides is 2. The minimum atomic E-state index is -5.84. The molecule has 7 rings (SSSR count). The molecular weight excluding hydrogens is 1220 g/mol. The van der Waals surface area contributed by atoms with E-state index in [0.29, 0.717) is 42.6 Å². The summed E-state index contributed by atoms with van der Waals surface area (Å²) in [6, 6.07) is 15.3. The van der Waals surface area contributed by atoms with Gasteiger partial charge in [-0.15, -0.1) is 22.7 Å². The number of thiophene rings is 1. The maximum Gasteiger partial charge on any atom is 0.399 e. The van der Waals surface area contributed by atoms with Crippen LogP contribution in [0.4, 0.5) is 14.5 Å². The first kappa shape index (κ1) is 66.5. The van der Waals surface area contributed by atoms with Crippen LogP contribution in [0.25, 0.3) is 20.5 Å². The monoisotopic (exact) mass is 1300 g/mol. The number of benzene rings is 3. The van der Waals surface area contributed by atoms with E-state index in [1.54, 1.807) is 61.9 Å². The van der Waals surface area contributed by atoms with E-state index in [-0.39, 0.29) is 73.4 Å². The molecule has 7 amide bonds. The number of unbranched alkanes of at least 4 members (excludes halogenated alkanes) is 4. The summed E-state index contributed by atoms with van der Waals surface area (Å²) in [6.07, 6.45) is 3.64. The van der Waals surface area contributed by atoms with Crippen LogP contribution in [-0.2, 0) is 45.5 Å². The third kappa shape index (κ3) is 17.0. The molecule has 2 aliphatic rings. The highest BCUT2D eigenvalue weighted by Crippen LogP contribution is 2.59. The summed E-state index contributed by atoms with van der Waals surface area (Å²) >= 11 is 5.95. The molecule has 7 N–H and O–H groups in total. The molecule has 25 heteroatoms. The van der Waals surface area contributed by atoms with E-state index < -0.39 is 83.6 Å². The van der Waals surface area contributed by atoms with E-state index in [4.69, 9.17) is 0 Å². The zero-order chi connectivity index (χ0) is 62.2. The number of halogens is 3. The maximum absolute atomic E-state index is 14.6. The number of nitrogens with zero attached hydrogens (tertiary/aromatic N) is 4. The fourth-order valence-electron chi connectivity index (χ4n) is 10.5. The molecule has 19 nitrogen and oxygen atoms in total. The maximum atomic E-state index is 14.6. The van der Waals surface area contributed by atoms with Gasteiger partial charge in [-0.25, -0.2) is 4.98 Å². The van der Waals surface area contributed by atoms with Crippen LogP contribution < -0.4 is 26.2 Å². The van der Waals surface area contributed by atoms with Crippen LogP contribution in [0.15, 0.2) is 82.8 Å². The van der Waals surface area contributed by atoms with Crippen molar-refractivity contribution in [3.63, 3.8) is 0 Å². The Morgan fingerprint density at radius 2 is 1.45 bits per heavy atom. The summed E-state index contributed by atoms with van der Waals surface area (Å²) in [5.74, 6) is -2.99. The Kier molecular flexibility index (Phi) is 22.1. The Morgan fingerprint density at radius 1 is 0.800 bits per heavy atom. The number of hydrogen-bond donors (Lipinski definition) is 7. The summed E-state index contributed by atoms with van der Waals surface area (Å²) in [4.78, 5) is 126. The van der Waals surface area contributed by atoms with Crippen LogP contribution in [0.3, 0.4) is 0 Å². The van der Waals surface area contributed by atoms with Crippen molar-refractivity contribution in [1.29, 1.82) is 0 Å². The number of β-amino-alcohol motifs (C(OH)–C–C–N with tert-alkyl or cyclic N) is 1. The second kappa shape index (κ2) is 28.2. The molecule has 0 aliphatic carbocycles. The van der Waals surface area contributed by atoms with Gasteiger partial charge in [0.05, 0.1) is 27.1 Å². The predicted molar refractivity (Wildman–Crippen MR) is 327 cm³/mol. The van der Waals surface area contributed by atoms with Crippen molar-refractivity contribution >= 4 is 103 Å². The molecule has 0 saturated carbocycles. The van der Waals surface area contributed by atoms with Gasteiger partial charge < -0.3 is 50.9 Å². The Balaban J connectivity index is 0.856. The number of aliphatic hydroxyl groups excluding tert-OH is 1. The molecule has 0 radical (unpaired) electrons. The van der Waals surface area contributed by atoms with Gasteiger partial charge in [0, 0.05) is 72.4 Å². The third-order valence-electron chi connectivity index (χ3n) is 15.2. The van der Waals surface area contributed by atoms with Gasteiger partial charge in [-0.2, -0.15) is 8.78 Å². The van der Waals surface area contributed by atoms with Gasteiger partial charge in [-0.1, -0.05) is 107 Å². The van der Waals surface area contributed by atoms with Crippen LogP contribution in [0.1, 0.15) is 132 Å². The average molecular weight is 1300 g/mol. The van der Waals surface area contributed by atoms with Crippen molar-refractivity contribution in [1.82, 2.24) is 36.1 Å². The molecule has 85 heavy (non-hydrogen) atoms. The number of carbonyl (C=O) groups is 7.